The van der Waals surface area contributed by atoms with Gasteiger partial charge in [0.1, 0.15) is 0 Å². The molecule has 0 aliphatic carbocycles. The van der Waals surface area contributed by atoms with E-state index in [4.69, 9.17) is 5.26 Å². The smallest absolute Gasteiger partial charge is 0.243 e. The Balaban J connectivity index is 1.37. The molecule has 1 aliphatic rings. The highest BCUT2D eigenvalue weighted by atomic mass is 16.2. The van der Waals surface area contributed by atoms with Crippen LogP contribution in [0.1, 0.15) is 36.4 Å². The highest BCUT2D eigenvalue weighted by Crippen LogP contribution is 2.29. The number of carbonyl (C=O) groups excluding carboxylic acids is 1. The Hall–Kier alpha value is -3.72. The van der Waals surface area contributed by atoms with Gasteiger partial charge >= 0.3 is 0 Å². The quantitative estimate of drug-likeness (QED) is 0.599. The second-order valence-corrected chi connectivity index (χ2v) is 7.14. The summed E-state index contributed by atoms with van der Waals surface area (Å²) in [5.74, 6) is -0.00209. The molecular weight excluding hydrogens is 362 g/mol. The van der Waals surface area contributed by atoms with Crippen molar-refractivity contribution in [2.45, 2.75) is 31.8 Å². The van der Waals surface area contributed by atoms with Gasteiger partial charge in [-0.15, -0.1) is 0 Å². The fourth-order valence-electron chi connectivity index (χ4n) is 3.58. The molecule has 0 N–H and O–H groups in total. The zero-order valence-corrected chi connectivity index (χ0v) is 16.0. The Kier molecular flexibility index (Phi) is 5.21. The number of hydrogen-bond donors (Lipinski definition) is 0. The van der Waals surface area contributed by atoms with Crippen LogP contribution in [0.15, 0.2) is 72.0 Å². The molecule has 1 unspecified atom stereocenters. The molecular formula is C23H21N5O. The summed E-state index contributed by atoms with van der Waals surface area (Å²) >= 11 is 0. The molecule has 0 fully saturated rings. The maximum atomic E-state index is 12.7. The molecule has 2 aromatic carbocycles. The van der Waals surface area contributed by atoms with E-state index in [1.807, 2.05) is 47.1 Å². The zero-order valence-electron chi connectivity index (χ0n) is 16.0. The largest absolute Gasteiger partial charge is 0.273 e. The van der Waals surface area contributed by atoms with Crippen LogP contribution in [0.3, 0.4) is 0 Å². The van der Waals surface area contributed by atoms with Crippen molar-refractivity contribution in [3.05, 3.63) is 78.0 Å². The van der Waals surface area contributed by atoms with E-state index < -0.39 is 0 Å². The van der Waals surface area contributed by atoms with Crippen LogP contribution in [0.25, 0.3) is 10.9 Å². The number of rotatable bonds is 6. The summed E-state index contributed by atoms with van der Waals surface area (Å²) in [5.41, 5.74) is 3.58. The molecule has 0 bridgehead atoms. The molecule has 1 amide bonds. The maximum Gasteiger partial charge on any atom is 0.243 e. The Morgan fingerprint density at radius 1 is 1.21 bits per heavy atom. The average Bonchev–Trinajstić information content (AvgIpc) is 3.40. The molecule has 0 spiro atoms. The van der Waals surface area contributed by atoms with Crippen molar-refractivity contribution in [2.75, 3.05) is 0 Å². The fraction of sp³-hybridized carbons (Fsp3) is 0.217. The third kappa shape index (κ3) is 3.94. The topological polar surface area (TPSA) is 74.3 Å². The predicted octanol–water partition coefficient (Wildman–Crippen LogP) is 4.20. The lowest BCUT2D eigenvalue weighted by molar-refractivity contribution is -0.133. The predicted molar refractivity (Wildman–Crippen MR) is 112 cm³/mol. The van der Waals surface area contributed by atoms with Gasteiger partial charge < -0.3 is 0 Å². The molecule has 4 rings (SSSR count). The molecule has 1 atom stereocenters. The van der Waals surface area contributed by atoms with Gasteiger partial charge in [0.15, 0.2) is 0 Å². The lowest BCUT2D eigenvalue weighted by Crippen LogP contribution is -2.27. The van der Waals surface area contributed by atoms with E-state index >= 15 is 0 Å². The van der Waals surface area contributed by atoms with Gasteiger partial charge in [0.05, 0.1) is 35.9 Å². The van der Waals surface area contributed by atoms with Gasteiger partial charge in [0.2, 0.25) is 5.91 Å². The van der Waals surface area contributed by atoms with Crippen LogP contribution in [-0.4, -0.2) is 26.9 Å². The lowest BCUT2D eigenvalue weighted by Gasteiger charge is -2.22. The van der Waals surface area contributed by atoms with Crippen LogP contribution in [0.5, 0.6) is 0 Å². The number of nitrogens with zero attached hydrogens (tertiary/aromatic N) is 5. The van der Waals surface area contributed by atoms with Crippen molar-refractivity contribution >= 4 is 23.0 Å². The molecule has 29 heavy (non-hydrogen) atoms. The number of amides is 1. The van der Waals surface area contributed by atoms with Crippen LogP contribution in [0.4, 0.5) is 0 Å². The number of nitriles is 1. The zero-order chi connectivity index (χ0) is 20.2. The Morgan fingerprint density at radius 3 is 2.83 bits per heavy atom. The minimum Gasteiger partial charge on any atom is -0.273 e. The molecule has 0 radical (unpaired) electrons. The minimum atomic E-state index is -0.0265. The van der Waals surface area contributed by atoms with Crippen molar-refractivity contribution in [3.8, 4) is 6.07 Å². The number of aromatic nitrogens is 2. The second kappa shape index (κ2) is 8.11. The van der Waals surface area contributed by atoms with Crippen LogP contribution >= 0.6 is 0 Å². The van der Waals surface area contributed by atoms with E-state index in [1.54, 1.807) is 23.5 Å². The first kappa shape index (κ1) is 18.6. The third-order valence-corrected chi connectivity index (χ3v) is 5.11. The molecule has 0 saturated carbocycles. The van der Waals surface area contributed by atoms with Crippen LogP contribution in [-0.2, 0) is 11.3 Å². The number of fused-ring (bicyclic) bond motifs is 1. The van der Waals surface area contributed by atoms with E-state index in [-0.39, 0.29) is 11.9 Å². The lowest BCUT2D eigenvalue weighted by atomic mass is 10.0. The molecule has 2 heterocycles. The average molecular weight is 383 g/mol. The van der Waals surface area contributed by atoms with E-state index in [1.165, 1.54) is 0 Å². The fourth-order valence-corrected chi connectivity index (χ4v) is 3.58. The van der Waals surface area contributed by atoms with Crippen LogP contribution in [0, 0.1) is 11.3 Å². The molecule has 6 heteroatoms. The van der Waals surface area contributed by atoms with Crippen molar-refractivity contribution in [1.82, 2.24) is 14.8 Å². The normalized spacial score (nSPS) is 15.6. The van der Waals surface area contributed by atoms with Crippen LogP contribution in [0.2, 0.25) is 0 Å². The van der Waals surface area contributed by atoms with Gasteiger partial charge in [-0.05, 0) is 30.2 Å². The second-order valence-electron chi connectivity index (χ2n) is 7.14. The summed E-state index contributed by atoms with van der Waals surface area (Å²) in [6.45, 7) is 4.66. The summed E-state index contributed by atoms with van der Waals surface area (Å²) in [5, 5.41) is 20.2. The van der Waals surface area contributed by atoms with Gasteiger partial charge in [0, 0.05) is 24.4 Å². The van der Waals surface area contributed by atoms with E-state index in [0.29, 0.717) is 24.9 Å². The van der Waals surface area contributed by atoms with E-state index in [0.717, 1.165) is 28.5 Å². The van der Waals surface area contributed by atoms with Crippen molar-refractivity contribution < 1.29 is 4.79 Å². The SMILES string of the molecule is C=C(CCC(=O)N1N=CCC1c1ccccc1)Cn1ncc2cc(C#N)ccc21. The summed E-state index contributed by atoms with van der Waals surface area (Å²) in [7, 11) is 0. The number of hydrazone groups is 1. The molecule has 144 valence electrons. The molecule has 1 aliphatic heterocycles. The Labute approximate surface area is 169 Å². The first-order chi connectivity index (χ1) is 14.2. The van der Waals surface area contributed by atoms with Gasteiger partial charge in [-0.3, -0.25) is 9.48 Å². The highest BCUT2D eigenvalue weighted by molar-refractivity contribution is 5.81. The summed E-state index contributed by atoms with van der Waals surface area (Å²) < 4.78 is 1.85. The number of benzene rings is 2. The van der Waals surface area contributed by atoms with E-state index in [2.05, 4.69) is 22.8 Å². The summed E-state index contributed by atoms with van der Waals surface area (Å²) in [6.07, 6.45) is 5.22. The summed E-state index contributed by atoms with van der Waals surface area (Å²) in [4.78, 5) is 12.7. The minimum absolute atomic E-state index is 0.00209. The Morgan fingerprint density at radius 2 is 2.03 bits per heavy atom. The van der Waals surface area contributed by atoms with Crippen LogP contribution < -0.4 is 0 Å². The molecule has 6 nitrogen and oxygen atoms in total. The summed E-state index contributed by atoms with van der Waals surface area (Å²) in [6, 6.07) is 17.6. The Bertz CT molecular complexity index is 1120. The van der Waals surface area contributed by atoms with E-state index in [9.17, 15) is 4.79 Å². The van der Waals surface area contributed by atoms with Crippen molar-refractivity contribution in [3.63, 3.8) is 0 Å². The number of allylic oxidation sites excluding steroid dienone is 1. The first-order valence-electron chi connectivity index (χ1n) is 9.57. The standard InChI is InChI=1S/C23H21N5O/c1-17(16-27-21-9-8-18(14-24)13-20(21)15-26-27)7-10-23(29)28-22(11-12-25-28)19-5-3-2-4-6-19/h2-6,8-9,12-13,15,22H,1,7,10-11,16H2. The van der Waals surface area contributed by atoms with Crippen molar-refractivity contribution in [2.24, 2.45) is 5.10 Å². The first-order valence-corrected chi connectivity index (χ1v) is 9.57. The highest BCUT2D eigenvalue weighted by Gasteiger charge is 2.27. The third-order valence-electron chi connectivity index (χ3n) is 5.11. The number of hydrogen-bond acceptors (Lipinski definition) is 4. The van der Waals surface area contributed by atoms with Gasteiger partial charge in [-0.2, -0.15) is 15.5 Å². The van der Waals surface area contributed by atoms with Gasteiger partial charge in [-0.25, -0.2) is 5.01 Å². The monoisotopic (exact) mass is 383 g/mol. The van der Waals surface area contributed by atoms with Gasteiger partial charge in [0.25, 0.3) is 0 Å². The number of carbonyl (C=O) groups is 1. The molecule has 3 aromatic rings. The van der Waals surface area contributed by atoms with Gasteiger partial charge in [-0.1, -0.05) is 42.5 Å². The van der Waals surface area contributed by atoms with Crippen molar-refractivity contribution in [1.29, 1.82) is 5.26 Å². The molecule has 1 aromatic heterocycles. The maximum absolute atomic E-state index is 12.7. The molecule has 0 saturated heterocycles.